The molecule has 0 bridgehead atoms. The molecule has 0 saturated carbocycles. The Balaban J connectivity index is 2.49. The van der Waals surface area contributed by atoms with Crippen molar-refractivity contribution in [2.24, 2.45) is 0 Å². The summed E-state index contributed by atoms with van der Waals surface area (Å²) in [6.07, 6.45) is 1.93. The van der Waals surface area contributed by atoms with Crippen LogP contribution in [0.3, 0.4) is 0 Å². The van der Waals surface area contributed by atoms with E-state index < -0.39 is 0 Å². The van der Waals surface area contributed by atoms with Gasteiger partial charge in [-0.1, -0.05) is 20.8 Å². The van der Waals surface area contributed by atoms with E-state index >= 15 is 0 Å². The zero-order valence-electron chi connectivity index (χ0n) is 12.4. The van der Waals surface area contributed by atoms with Gasteiger partial charge in [0.2, 0.25) is 0 Å². The van der Waals surface area contributed by atoms with Crippen molar-refractivity contribution in [2.45, 2.75) is 26.2 Å². The van der Waals surface area contributed by atoms with E-state index in [-0.39, 0.29) is 5.41 Å². The standard InChI is InChI=1S/C15H23N3O/c1-15(2,3)12-10-11-6-7-16-13(11)17-14(12)18(4)8-9-19-5/h6-7,10H,8-9H2,1-5H3,(H,16,17). The zero-order chi connectivity index (χ0) is 14.0. The van der Waals surface area contributed by atoms with Gasteiger partial charge in [0.25, 0.3) is 0 Å². The lowest BCUT2D eigenvalue weighted by molar-refractivity contribution is 0.206. The lowest BCUT2D eigenvalue weighted by Gasteiger charge is -2.27. The van der Waals surface area contributed by atoms with Gasteiger partial charge in [0.05, 0.1) is 6.61 Å². The zero-order valence-corrected chi connectivity index (χ0v) is 12.4. The number of ether oxygens (including phenoxy) is 1. The van der Waals surface area contributed by atoms with E-state index in [0.29, 0.717) is 6.61 Å². The van der Waals surface area contributed by atoms with E-state index in [4.69, 9.17) is 9.72 Å². The van der Waals surface area contributed by atoms with Crippen molar-refractivity contribution in [2.75, 3.05) is 32.2 Å². The molecule has 0 aliphatic rings. The molecule has 0 aliphatic carbocycles. The quantitative estimate of drug-likeness (QED) is 0.920. The molecular formula is C15H23N3O. The smallest absolute Gasteiger partial charge is 0.139 e. The molecule has 0 aliphatic heterocycles. The highest BCUT2D eigenvalue weighted by atomic mass is 16.5. The van der Waals surface area contributed by atoms with E-state index in [1.165, 1.54) is 5.56 Å². The summed E-state index contributed by atoms with van der Waals surface area (Å²) >= 11 is 0. The fraction of sp³-hybridized carbons (Fsp3) is 0.533. The third kappa shape index (κ3) is 2.89. The lowest BCUT2D eigenvalue weighted by Crippen LogP contribution is -2.27. The fourth-order valence-corrected chi connectivity index (χ4v) is 2.15. The first kappa shape index (κ1) is 13.9. The Morgan fingerprint density at radius 2 is 2.11 bits per heavy atom. The SMILES string of the molecule is COCCN(C)c1nc2[nH]ccc2cc1C(C)(C)C. The average molecular weight is 261 g/mol. The van der Waals surface area contributed by atoms with Crippen molar-refractivity contribution in [3.05, 3.63) is 23.9 Å². The molecule has 0 amide bonds. The van der Waals surface area contributed by atoms with Crippen LogP contribution < -0.4 is 4.90 Å². The number of nitrogens with zero attached hydrogens (tertiary/aromatic N) is 2. The van der Waals surface area contributed by atoms with Crippen molar-refractivity contribution >= 4 is 16.9 Å². The number of nitrogens with one attached hydrogen (secondary N) is 1. The van der Waals surface area contributed by atoms with Gasteiger partial charge in [-0.15, -0.1) is 0 Å². The maximum absolute atomic E-state index is 5.15. The molecule has 0 aromatic carbocycles. The lowest BCUT2D eigenvalue weighted by atomic mass is 9.86. The van der Waals surface area contributed by atoms with Crippen LogP contribution in [-0.4, -0.2) is 37.3 Å². The van der Waals surface area contributed by atoms with Gasteiger partial charge in [0, 0.05) is 37.8 Å². The molecule has 104 valence electrons. The van der Waals surface area contributed by atoms with E-state index in [9.17, 15) is 0 Å². The van der Waals surface area contributed by atoms with Crippen LogP contribution >= 0.6 is 0 Å². The number of likely N-dealkylation sites (N-methyl/N-ethyl adjacent to an activating group) is 1. The Morgan fingerprint density at radius 1 is 1.37 bits per heavy atom. The van der Waals surface area contributed by atoms with Crippen molar-refractivity contribution in [3.63, 3.8) is 0 Å². The third-order valence-corrected chi connectivity index (χ3v) is 3.32. The van der Waals surface area contributed by atoms with Crippen LogP contribution in [0.25, 0.3) is 11.0 Å². The average Bonchev–Trinajstić information content (AvgIpc) is 2.80. The van der Waals surface area contributed by atoms with Gasteiger partial charge in [-0.2, -0.15) is 0 Å². The Hall–Kier alpha value is -1.55. The van der Waals surface area contributed by atoms with E-state index in [2.05, 4.69) is 49.8 Å². The van der Waals surface area contributed by atoms with Gasteiger partial charge in [0.15, 0.2) is 0 Å². The number of hydrogen-bond acceptors (Lipinski definition) is 3. The van der Waals surface area contributed by atoms with E-state index in [1.807, 2.05) is 6.20 Å². The summed E-state index contributed by atoms with van der Waals surface area (Å²) in [5, 5.41) is 1.16. The Labute approximate surface area is 114 Å². The highest BCUT2D eigenvalue weighted by Gasteiger charge is 2.22. The van der Waals surface area contributed by atoms with Crippen LogP contribution in [0.1, 0.15) is 26.3 Å². The minimum Gasteiger partial charge on any atom is -0.383 e. The highest BCUT2D eigenvalue weighted by Crippen LogP contribution is 2.32. The predicted octanol–water partition coefficient (Wildman–Crippen LogP) is 2.94. The molecule has 2 aromatic heterocycles. The fourth-order valence-electron chi connectivity index (χ4n) is 2.15. The number of pyridine rings is 1. The Morgan fingerprint density at radius 3 is 2.74 bits per heavy atom. The summed E-state index contributed by atoms with van der Waals surface area (Å²) in [5.74, 6) is 1.03. The summed E-state index contributed by atoms with van der Waals surface area (Å²) < 4.78 is 5.15. The van der Waals surface area contributed by atoms with Crippen LogP contribution in [0.15, 0.2) is 18.3 Å². The second-order valence-electron chi connectivity index (χ2n) is 5.94. The van der Waals surface area contributed by atoms with Gasteiger partial charge < -0.3 is 14.6 Å². The number of rotatable bonds is 4. The highest BCUT2D eigenvalue weighted by molar-refractivity contribution is 5.79. The minimum absolute atomic E-state index is 0.0646. The molecule has 4 heteroatoms. The first-order chi connectivity index (χ1) is 8.93. The molecule has 19 heavy (non-hydrogen) atoms. The molecule has 0 saturated heterocycles. The molecule has 0 spiro atoms. The van der Waals surface area contributed by atoms with Crippen molar-refractivity contribution in [3.8, 4) is 0 Å². The molecular weight excluding hydrogens is 238 g/mol. The first-order valence-electron chi connectivity index (χ1n) is 6.62. The summed E-state index contributed by atoms with van der Waals surface area (Å²) in [7, 11) is 3.78. The largest absolute Gasteiger partial charge is 0.383 e. The maximum atomic E-state index is 5.15. The minimum atomic E-state index is 0.0646. The van der Waals surface area contributed by atoms with Gasteiger partial charge in [-0.05, 0) is 17.5 Å². The van der Waals surface area contributed by atoms with Crippen molar-refractivity contribution < 1.29 is 4.74 Å². The van der Waals surface area contributed by atoms with Crippen LogP contribution in [0.2, 0.25) is 0 Å². The summed E-state index contributed by atoms with van der Waals surface area (Å²) in [4.78, 5) is 10.1. The second kappa shape index (κ2) is 5.21. The topological polar surface area (TPSA) is 41.1 Å². The number of aromatic nitrogens is 2. The van der Waals surface area contributed by atoms with Crippen LogP contribution in [0.4, 0.5) is 5.82 Å². The van der Waals surface area contributed by atoms with Crippen molar-refractivity contribution in [1.82, 2.24) is 9.97 Å². The Kier molecular flexibility index (Phi) is 3.80. The normalized spacial score (nSPS) is 12.1. The predicted molar refractivity (Wildman–Crippen MR) is 79.9 cm³/mol. The Bertz CT molecular complexity index is 554. The monoisotopic (exact) mass is 261 g/mol. The van der Waals surface area contributed by atoms with Crippen molar-refractivity contribution in [1.29, 1.82) is 0 Å². The molecule has 2 aromatic rings. The van der Waals surface area contributed by atoms with Gasteiger partial charge in [-0.3, -0.25) is 0 Å². The van der Waals surface area contributed by atoms with Crippen LogP contribution in [0.5, 0.6) is 0 Å². The summed E-state index contributed by atoms with van der Waals surface area (Å²) in [6.45, 7) is 8.19. The number of fused-ring (bicyclic) bond motifs is 1. The van der Waals surface area contributed by atoms with E-state index in [0.717, 1.165) is 23.4 Å². The second-order valence-corrected chi connectivity index (χ2v) is 5.94. The van der Waals surface area contributed by atoms with Gasteiger partial charge >= 0.3 is 0 Å². The molecule has 0 radical (unpaired) electrons. The molecule has 4 nitrogen and oxygen atoms in total. The third-order valence-electron chi connectivity index (χ3n) is 3.32. The number of methoxy groups -OCH3 is 1. The molecule has 2 rings (SSSR count). The van der Waals surface area contributed by atoms with Crippen LogP contribution in [0, 0.1) is 0 Å². The maximum Gasteiger partial charge on any atom is 0.139 e. The number of aromatic amines is 1. The summed E-state index contributed by atoms with van der Waals surface area (Å²) in [6, 6.07) is 4.30. The number of hydrogen-bond donors (Lipinski definition) is 1. The van der Waals surface area contributed by atoms with Gasteiger partial charge in [-0.25, -0.2) is 4.98 Å². The molecule has 0 atom stereocenters. The molecule has 1 N–H and O–H groups in total. The van der Waals surface area contributed by atoms with Crippen LogP contribution in [-0.2, 0) is 10.2 Å². The number of anilines is 1. The number of H-pyrrole nitrogens is 1. The van der Waals surface area contributed by atoms with E-state index in [1.54, 1.807) is 7.11 Å². The molecule has 2 heterocycles. The molecule has 0 unspecified atom stereocenters. The molecule has 0 fully saturated rings. The van der Waals surface area contributed by atoms with Gasteiger partial charge in [0.1, 0.15) is 11.5 Å². The first-order valence-corrected chi connectivity index (χ1v) is 6.62. The summed E-state index contributed by atoms with van der Waals surface area (Å²) in [5.41, 5.74) is 2.26.